The van der Waals surface area contributed by atoms with Gasteiger partial charge in [0.1, 0.15) is 16.3 Å². The van der Waals surface area contributed by atoms with Crippen LogP contribution in [0.3, 0.4) is 0 Å². The molecule has 1 aliphatic heterocycles. The Labute approximate surface area is 162 Å². The molecule has 1 amide bonds. The average molecular weight is 402 g/mol. The molecular formula is C19H15FN2O3S2. The number of nitrogens with zero attached hydrogens (tertiary/aromatic N) is 2. The number of thiazole rings is 1. The van der Waals surface area contributed by atoms with Crippen molar-refractivity contribution in [2.24, 2.45) is 0 Å². The van der Waals surface area contributed by atoms with E-state index < -0.39 is 17.0 Å². The quantitative estimate of drug-likeness (QED) is 0.707. The number of carbonyl (C=O) groups is 2. The lowest BCUT2D eigenvalue weighted by molar-refractivity contribution is -0.138. The summed E-state index contributed by atoms with van der Waals surface area (Å²) in [5.41, 5.74) is 2.04. The summed E-state index contributed by atoms with van der Waals surface area (Å²) in [5, 5.41) is 9.06. The molecule has 0 spiro atoms. The minimum absolute atomic E-state index is 0.185. The highest BCUT2D eigenvalue weighted by atomic mass is 32.2. The van der Waals surface area contributed by atoms with E-state index in [1.54, 1.807) is 17.0 Å². The molecule has 1 aliphatic rings. The Kier molecular flexibility index (Phi) is 4.61. The van der Waals surface area contributed by atoms with Gasteiger partial charge in [-0.2, -0.15) is 0 Å². The third-order valence-electron chi connectivity index (χ3n) is 4.28. The van der Waals surface area contributed by atoms with Crippen LogP contribution in [0.1, 0.15) is 17.0 Å². The zero-order chi connectivity index (χ0) is 19.1. The van der Waals surface area contributed by atoms with Crippen LogP contribution in [0, 0.1) is 12.7 Å². The minimum Gasteiger partial charge on any atom is -0.481 e. The second-order valence-corrected chi connectivity index (χ2v) is 8.65. The SMILES string of the molecule is Cc1ccc2c(c1)N(Cc1nc3c(F)cccc3s1)C(=O)C(CC(=O)O)S2. The van der Waals surface area contributed by atoms with Crippen molar-refractivity contribution in [3.05, 3.63) is 52.8 Å². The first-order valence-electron chi connectivity index (χ1n) is 8.27. The third kappa shape index (κ3) is 3.42. The van der Waals surface area contributed by atoms with Gasteiger partial charge in [-0.3, -0.25) is 9.59 Å². The molecule has 0 fully saturated rings. The zero-order valence-corrected chi connectivity index (χ0v) is 15.9. The number of benzene rings is 2. The fourth-order valence-corrected chi connectivity index (χ4v) is 5.22. The lowest BCUT2D eigenvalue weighted by atomic mass is 10.1. The molecule has 0 bridgehead atoms. The molecule has 138 valence electrons. The number of carbonyl (C=O) groups excluding carboxylic acids is 1. The van der Waals surface area contributed by atoms with Gasteiger partial charge in [0.25, 0.3) is 0 Å². The Morgan fingerprint density at radius 3 is 2.89 bits per heavy atom. The van der Waals surface area contributed by atoms with Crippen LogP contribution in [0.25, 0.3) is 10.2 Å². The Bertz CT molecular complexity index is 1070. The van der Waals surface area contributed by atoms with Crippen molar-refractivity contribution in [1.82, 2.24) is 4.98 Å². The van der Waals surface area contributed by atoms with Crippen LogP contribution < -0.4 is 4.90 Å². The first-order chi connectivity index (χ1) is 12.9. The number of rotatable bonds is 4. The summed E-state index contributed by atoms with van der Waals surface area (Å²) in [4.78, 5) is 30.9. The van der Waals surface area contributed by atoms with Gasteiger partial charge in [0.05, 0.1) is 28.6 Å². The Hall–Kier alpha value is -2.45. The molecule has 2 heterocycles. The molecule has 5 nitrogen and oxygen atoms in total. The van der Waals surface area contributed by atoms with E-state index in [-0.39, 0.29) is 18.9 Å². The number of amides is 1. The molecule has 3 aromatic rings. The predicted octanol–water partition coefficient (Wildman–Crippen LogP) is 4.23. The van der Waals surface area contributed by atoms with Crippen LogP contribution in [0.15, 0.2) is 41.3 Å². The molecule has 2 aromatic carbocycles. The van der Waals surface area contributed by atoms with Gasteiger partial charge in [-0.15, -0.1) is 23.1 Å². The highest BCUT2D eigenvalue weighted by Crippen LogP contribution is 2.42. The Morgan fingerprint density at radius 1 is 1.33 bits per heavy atom. The smallest absolute Gasteiger partial charge is 0.305 e. The fraction of sp³-hybridized carbons (Fsp3) is 0.211. The molecule has 1 aromatic heterocycles. The van der Waals surface area contributed by atoms with E-state index in [0.717, 1.165) is 20.8 Å². The van der Waals surface area contributed by atoms with E-state index in [1.807, 2.05) is 25.1 Å². The third-order valence-corrected chi connectivity index (χ3v) is 6.54. The minimum atomic E-state index is -1.02. The van der Waals surface area contributed by atoms with Gasteiger partial charge in [0.15, 0.2) is 0 Å². The summed E-state index contributed by atoms with van der Waals surface area (Å²) in [6.45, 7) is 2.12. The van der Waals surface area contributed by atoms with Crippen molar-refractivity contribution in [1.29, 1.82) is 0 Å². The number of aromatic nitrogens is 1. The maximum absolute atomic E-state index is 13.9. The molecule has 27 heavy (non-hydrogen) atoms. The highest BCUT2D eigenvalue weighted by molar-refractivity contribution is 8.01. The van der Waals surface area contributed by atoms with E-state index in [1.165, 1.54) is 29.2 Å². The van der Waals surface area contributed by atoms with Gasteiger partial charge in [-0.05, 0) is 36.8 Å². The average Bonchev–Trinajstić information content (AvgIpc) is 3.03. The molecule has 0 aliphatic carbocycles. The normalized spacial score (nSPS) is 16.6. The number of carboxylic acid groups (broad SMARTS) is 1. The number of halogens is 1. The van der Waals surface area contributed by atoms with Gasteiger partial charge in [0.2, 0.25) is 5.91 Å². The van der Waals surface area contributed by atoms with Crippen molar-refractivity contribution < 1.29 is 19.1 Å². The standard InChI is InChI=1S/C19H15FN2O3S2/c1-10-5-6-13-12(7-10)22(19(25)15(26-13)8-17(23)24)9-16-21-18-11(20)3-2-4-14(18)27-16/h2-7,15H,8-9H2,1H3,(H,23,24). The molecule has 1 atom stereocenters. The first kappa shape index (κ1) is 17.9. The summed E-state index contributed by atoms with van der Waals surface area (Å²) in [5.74, 6) is -1.67. The number of para-hydroxylation sites is 1. The van der Waals surface area contributed by atoms with Gasteiger partial charge < -0.3 is 10.0 Å². The molecule has 1 unspecified atom stereocenters. The van der Waals surface area contributed by atoms with Crippen LogP contribution in [-0.4, -0.2) is 27.2 Å². The van der Waals surface area contributed by atoms with Crippen molar-refractivity contribution in [3.8, 4) is 0 Å². The van der Waals surface area contributed by atoms with E-state index >= 15 is 0 Å². The molecule has 1 N–H and O–H groups in total. The molecule has 0 radical (unpaired) electrons. The van der Waals surface area contributed by atoms with Crippen molar-refractivity contribution in [2.45, 2.75) is 30.0 Å². The van der Waals surface area contributed by atoms with Crippen LogP contribution >= 0.6 is 23.1 Å². The second kappa shape index (κ2) is 6.94. The van der Waals surface area contributed by atoms with E-state index in [9.17, 15) is 14.0 Å². The maximum Gasteiger partial charge on any atom is 0.305 e. The number of thioether (sulfide) groups is 1. The topological polar surface area (TPSA) is 70.5 Å². The zero-order valence-electron chi connectivity index (χ0n) is 14.3. The van der Waals surface area contributed by atoms with Crippen molar-refractivity contribution >= 4 is 50.9 Å². The fourth-order valence-electron chi connectivity index (χ4n) is 3.05. The van der Waals surface area contributed by atoms with Crippen molar-refractivity contribution in [2.75, 3.05) is 4.90 Å². The van der Waals surface area contributed by atoms with Gasteiger partial charge in [-0.25, -0.2) is 9.37 Å². The molecule has 4 rings (SSSR count). The number of aliphatic carboxylic acids is 1. The number of hydrogen-bond donors (Lipinski definition) is 1. The number of fused-ring (bicyclic) bond motifs is 2. The number of aryl methyl sites for hydroxylation is 1. The summed E-state index contributed by atoms with van der Waals surface area (Å²) in [7, 11) is 0. The van der Waals surface area contributed by atoms with Crippen LogP contribution in [0.4, 0.5) is 10.1 Å². The highest BCUT2D eigenvalue weighted by Gasteiger charge is 2.35. The van der Waals surface area contributed by atoms with E-state index in [4.69, 9.17) is 5.11 Å². The molecule has 0 saturated carbocycles. The first-order valence-corrected chi connectivity index (χ1v) is 9.96. The Balaban J connectivity index is 1.74. The number of carboxylic acids is 1. The number of hydrogen-bond acceptors (Lipinski definition) is 5. The van der Waals surface area contributed by atoms with Crippen molar-refractivity contribution in [3.63, 3.8) is 0 Å². The lowest BCUT2D eigenvalue weighted by Gasteiger charge is -2.33. The van der Waals surface area contributed by atoms with Crippen LogP contribution in [0.5, 0.6) is 0 Å². The second-order valence-electron chi connectivity index (χ2n) is 6.29. The summed E-state index contributed by atoms with van der Waals surface area (Å²) in [6, 6.07) is 10.5. The van der Waals surface area contributed by atoms with Gasteiger partial charge >= 0.3 is 5.97 Å². The summed E-state index contributed by atoms with van der Waals surface area (Å²) >= 11 is 2.61. The molecule has 8 heteroatoms. The molecule has 0 saturated heterocycles. The van der Waals surface area contributed by atoms with Crippen LogP contribution in [-0.2, 0) is 16.1 Å². The van der Waals surface area contributed by atoms with E-state index in [0.29, 0.717) is 10.5 Å². The van der Waals surface area contributed by atoms with Crippen LogP contribution in [0.2, 0.25) is 0 Å². The largest absolute Gasteiger partial charge is 0.481 e. The monoisotopic (exact) mass is 402 g/mol. The Morgan fingerprint density at radius 2 is 2.15 bits per heavy atom. The van der Waals surface area contributed by atoms with E-state index in [2.05, 4.69) is 4.98 Å². The predicted molar refractivity (Wildman–Crippen MR) is 104 cm³/mol. The summed E-state index contributed by atoms with van der Waals surface area (Å²) < 4.78 is 14.7. The summed E-state index contributed by atoms with van der Waals surface area (Å²) in [6.07, 6.45) is -0.248. The maximum atomic E-state index is 13.9. The molecular weight excluding hydrogens is 387 g/mol. The lowest BCUT2D eigenvalue weighted by Crippen LogP contribution is -2.41. The number of anilines is 1. The van der Waals surface area contributed by atoms with Gasteiger partial charge in [-0.1, -0.05) is 12.1 Å². The van der Waals surface area contributed by atoms with Gasteiger partial charge in [0, 0.05) is 4.90 Å².